The Morgan fingerprint density at radius 2 is 1.68 bits per heavy atom. The van der Waals surface area contributed by atoms with Crippen LogP contribution < -0.4 is 10.6 Å². The molecule has 5 heteroatoms. The third-order valence-electron chi connectivity index (χ3n) is 6.55. The molecule has 0 spiro atoms. The molecule has 2 N–H and O–H groups in total. The molecule has 3 fully saturated rings. The van der Waals surface area contributed by atoms with Crippen LogP contribution in [0.15, 0.2) is 0 Å². The van der Waals surface area contributed by atoms with Crippen LogP contribution in [0.3, 0.4) is 0 Å². The number of carbonyl (C=O) groups is 2. The minimum absolute atomic E-state index is 0.0312. The number of nitrogens with one attached hydrogen (secondary N) is 2. The zero-order valence-electron chi connectivity index (χ0n) is 15.8. The van der Waals surface area contributed by atoms with E-state index < -0.39 is 0 Å². The third kappa shape index (κ3) is 5.35. The highest BCUT2D eigenvalue weighted by molar-refractivity contribution is 5.76. The number of amides is 3. The lowest BCUT2D eigenvalue weighted by molar-refractivity contribution is -0.131. The van der Waals surface area contributed by atoms with Gasteiger partial charge in [0.15, 0.2) is 0 Å². The molecule has 1 aliphatic heterocycles. The van der Waals surface area contributed by atoms with Gasteiger partial charge >= 0.3 is 6.03 Å². The van der Waals surface area contributed by atoms with Crippen molar-refractivity contribution in [3.63, 3.8) is 0 Å². The summed E-state index contributed by atoms with van der Waals surface area (Å²) in [5, 5.41) is 6.14. The molecule has 25 heavy (non-hydrogen) atoms. The molecule has 3 rings (SSSR count). The van der Waals surface area contributed by atoms with E-state index in [9.17, 15) is 9.59 Å². The molecular weight excluding hydrogens is 314 g/mol. The minimum Gasteiger partial charge on any atom is -0.343 e. The molecule has 2 saturated carbocycles. The predicted molar refractivity (Wildman–Crippen MR) is 99.2 cm³/mol. The quantitative estimate of drug-likeness (QED) is 0.800. The van der Waals surface area contributed by atoms with Crippen LogP contribution in [0, 0.1) is 17.8 Å². The number of urea groups is 1. The van der Waals surface area contributed by atoms with Gasteiger partial charge in [0.25, 0.3) is 0 Å². The van der Waals surface area contributed by atoms with E-state index in [1.54, 1.807) is 0 Å². The molecule has 3 amide bonds. The van der Waals surface area contributed by atoms with E-state index >= 15 is 0 Å². The summed E-state index contributed by atoms with van der Waals surface area (Å²) in [6, 6.07) is 0.172. The van der Waals surface area contributed by atoms with Gasteiger partial charge in [-0.25, -0.2) is 4.79 Å². The van der Waals surface area contributed by atoms with Crippen LogP contribution in [0.25, 0.3) is 0 Å². The second-order valence-corrected chi connectivity index (χ2v) is 8.43. The van der Waals surface area contributed by atoms with Gasteiger partial charge < -0.3 is 15.5 Å². The summed E-state index contributed by atoms with van der Waals surface area (Å²) in [6.07, 6.45) is 11.9. The fraction of sp³-hybridized carbons (Fsp3) is 0.900. The zero-order valence-corrected chi connectivity index (χ0v) is 15.8. The van der Waals surface area contributed by atoms with Crippen LogP contribution in [0.1, 0.15) is 71.1 Å². The molecule has 2 unspecified atom stereocenters. The Labute approximate surface area is 152 Å². The SMILES string of the molecule is CCC(=O)N1CCC(NC(=O)NCCC2CC3CCCC(C3)C2)CC1. The van der Waals surface area contributed by atoms with E-state index in [4.69, 9.17) is 0 Å². The molecule has 1 saturated heterocycles. The van der Waals surface area contributed by atoms with Crippen LogP contribution in [0.2, 0.25) is 0 Å². The normalized spacial score (nSPS) is 30.0. The number of likely N-dealkylation sites (tertiary alicyclic amines) is 1. The highest BCUT2D eigenvalue weighted by Gasteiger charge is 2.31. The second kappa shape index (κ2) is 8.91. The first-order chi connectivity index (χ1) is 12.1. The summed E-state index contributed by atoms with van der Waals surface area (Å²) in [7, 11) is 0. The predicted octanol–water partition coefficient (Wildman–Crippen LogP) is 3.29. The fourth-order valence-electron chi connectivity index (χ4n) is 5.23. The van der Waals surface area contributed by atoms with Gasteiger partial charge in [-0.05, 0) is 56.3 Å². The lowest BCUT2D eigenvalue weighted by Crippen LogP contribution is -2.49. The highest BCUT2D eigenvalue weighted by Crippen LogP contribution is 2.43. The number of hydrogen-bond acceptors (Lipinski definition) is 2. The van der Waals surface area contributed by atoms with Crippen LogP contribution in [-0.2, 0) is 4.79 Å². The highest BCUT2D eigenvalue weighted by atomic mass is 16.2. The zero-order chi connectivity index (χ0) is 17.6. The van der Waals surface area contributed by atoms with E-state index in [1.165, 1.54) is 38.5 Å². The number of carbonyl (C=O) groups excluding carboxylic acids is 2. The summed E-state index contributed by atoms with van der Waals surface area (Å²) in [6.45, 7) is 4.23. The molecule has 0 aromatic heterocycles. The first kappa shape index (κ1) is 18.5. The maximum absolute atomic E-state index is 12.1. The molecule has 2 aliphatic carbocycles. The molecule has 1 heterocycles. The van der Waals surface area contributed by atoms with E-state index in [1.807, 2.05) is 11.8 Å². The Morgan fingerprint density at radius 3 is 2.32 bits per heavy atom. The summed E-state index contributed by atoms with van der Waals surface area (Å²) in [5.74, 6) is 2.96. The smallest absolute Gasteiger partial charge is 0.315 e. The van der Waals surface area contributed by atoms with Gasteiger partial charge in [0, 0.05) is 32.1 Å². The first-order valence-electron chi connectivity index (χ1n) is 10.5. The van der Waals surface area contributed by atoms with Crippen LogP contribution >= 0.6 is 0 Å². The summed E-state index contributed by atoms with van der Waals surface area (Å²) < 4.78 is 0. The average molecular weight is 350 g/mol. The number of rotatable bonds is 5. The lowest BCUT2D eigenvalue weighted by atomic mass is 9.67. The van der Waals surface area contributed by atoms with Gasteiger partial charge in [0.2, 0.25) is 5.91 Å². The molecule has 0 radical (unpaired) electrons. The Kier molecular flexibility index (Phi) is 6.60. The van der Waals surface area contributed by atoms with Crippen molar-refractivity contribution in [3.8, 4) is 0 Å². The van der Waals surface area contributed by atoms with E-state index in [0.29, 0.717) is 6.42 Å². The maximum atomic E-state index is 12.1. The Hall–Kier alpha value is -1.26. The summed E-state index contributed by atoms with van der Waals surface area (Å²) >= 11 is 0. The van der Waals surface area contributed by atoms with Crippen molar-refractivity contribution in [2.24, 2.45) is 17.8 Å². The van der Waals surface area contributed by atoms with Crippen molar-refractivity contribution in [2.45, 2.75) is 77.2 Å². The molecule has 142 valence electrons. The second-order valence-electron chi connectivity index (χ2n) is 8.43. The molecule has 2 bridgehead atoms. The number of fused-ring (bicyclic) bond motifs is 2. The van der Waals surface area contributed by atoms with E-state index in [0.717, 1.165) is 56.7 Å². The number of nitrogens with zero attached hydrogens (tertiary/aromatic N) is 1. The van der Waals surface area contributed by atoms with Crippen molar-refractivity contribution < 1.29 is 9.59 Å². The Bertz CT molecular complexity index is 448. The topological polar surface area (TPSA) is 61.4 Å². The van der Waals surface area contributed by atoms with Crippen molar-refractivity contribution >= 4 is 11.9 Å². The molecular formula is C20H35N3O2. The van der Waals surface area contributed by atoms with Crippen LogP contribution in [-0.4, -0.2) is 42.5 Å². The first-order valence-corrected chi connectivity index (χ1v) is 10.5. The average Bonchev–Trinajstić information content (AvgIpc) is 2.61. The maximum Gasteiger partial charge on any atom is 0.315 e. The standard InChI is InChI=1S/C20H35N3O2/c1-2-19(24)23-10-7-18(8-11-23)22-20(25)21-9-6-17-13-15-4-3-5-16(12-15)14-17/h15-18H,2-14H2,1H3,(H2,21,22,25). The van der Waals surface area contributed by atoms with Gasteiger partial charge in [0.05, 0.1) is 0 Å². The van der Waals surface area contributed by atoms with Gasteiger partial charge in [-0.15, -0.1) is 0 Å². The van der Waals surface area contributed by atoms with Crippen LogP contribution in [0.4, 0.5) is 4.79 Å². The van der Waals surface area contributed by atoms with Crippen molar-refractivity contribution in [2.75, 3.05) is 19.6 Å². The molecule has 3 aliphatic rings. The van der Waals surface area contributed by atoms with Gasteiger partial charge in [0.1, 0.15) is 0 Å². The van der Waals surface area contributed by atoms with Gasteiger partial charge in [-0.3, -0.25) is 4.79 Å². The molecule has 0 aromatic carbocycles. The van der Waals surface area contributed by atoms with Crippen molar-refractivity contribution in [1.29, 1.82) is 0 Å². The fourth-order valence-corrected chi connectivity index (χ4v) is 5.23. The largest absolute Gasteiger partial charge is 0.343 e. The minimum atomic E-state index is -0.0312. The number of hydrogen-bond donors (Lipinski definition) is 2. The summed E-state index contributed by atoms with van der Waals surface area (Å²) in [5.41, 5.74) is 0. The van der Waals surface area contributed by atoms with Crippen LogP contribution in [0.5, 0.6) is 0 Å². The molecule has 5 nitrogen and oxygen atoms in total. The monoisotopic (exact) mass is 349 g/mol. The van der Waals surface area contributed by atoms with Gasteiger partial charge in [-0.1, -0.05) is 26.2 Å². The van der Waals surface area contributed by atoms with E-state index in [2.05, 4.69) is 10.6 Å². The van der Waals surface area contributed by atoms with Crippen molar-refractivity contribution in [3.05, 3.63) is 0 Å². The van der Waals surface area contributed by atoms with Gasteiger partial charge in [-0.2, -0.15) is 0 Å². The lowest BCUT2D eigenvalue weighted by Gasteiger charge is -2.39. The molecule has 0 aromatic rings. The number of piperidine rings is 1. The van der Waals surface area contributed by atoms with Crippen molar-refractivity contribution in [1.82, 2.24) is 15.5 Å². The Morgan fingerprint density at radius 1 is 1.00 bits per heavy atom. The molecule has 2 atom stereocenters. The Balaban J connectivity index is 1.29. The summed E-state index contributed by atoms with van der Waals surface area (Å²) in [4.78, 5) is 25.7. The third-order valence-corrected chi connectivity index (χ3v) is 6.55. The van der Waals surface area contributed by atoms with E-state index in [-0.39, 0.29) is 18.0 Å².